The van der Waals surface area contributed by atoms with Gasteiger partial charge in [0.2, 0.25) is 0 Å². The molecule has 1 unspecified atom stereocenters. The van der Waals surface area contributed by atoms with Gasteiger partial charge in [0.05, 0.1) is 12.0 Å². The van der Waals surface area contributed by atoms with Crippen LogP contribution in [-0.2, 0) is 4.79 Å². The third kappa shape index (κ3) is 3.68. The number of rotatable bonds is 5. The van der Waals surface area contributed by atoms with Crippen LogP contribution < -0.4 is 10.1 Å². The van der Waals surface area contributed by atoms with E-state index in [4.69, 9.17) is 4.74 Å². The average molecular weight is 337 g/mol. The highest BCUT2D eigenvalue weighted by atomic mass is 32.1. The first-order valence-electron chi connectivity index (χ1n) is 6.77. The van der Waals surface area contributed by atoms with Gasteiger partial charge in [-0.05, 0) is 43.2 Å². The predicted octanol–water partition coefficient (Wildman–Crippen LogP) is 3.07. The fourth-order valence-corrected chi connectivity index (χ4v) is 2.97. The minimum absolute atomic E-state index is 0.00808. The summed E-state index contributed by atoms with van der Waals surface area (Å²) in [6.45, 7) is 3.75. The number of carboxylic acid groups (broad SMARTS) is 1. The zero-order valence-corrected chi connectivity index (χ0v) is 13.7. The SMILES string of the molecule is COc1ccc(C(NC(=O)c2cc(C)c(C)s2)C(=O)O)cc1F. The van der Waals surface area contributed by atoms with Crippen molar-refractivity contribution in [2.75, 3.05) is 7.11 Å². The number of ether oxygens (including phenoxy) is 1. The number of hydrogen-bond acceptors (Lipinski definition) is 4. The van der Waals surface area contributed by atoms with Crippen molar-refractivity contribution in [3.05, 3.63) is 51.0 Å². The highest BCUT2D eigenvalue weighted by molar-refractivity contribution is 7.14. The van der Waals surface area contributed by atoms with Crippen LogP contribution >= 0.6 is 11.3 Å². The van der Waals surface area contributed by atoms with Gasteiger partial charge in [0, 0.05) is 4.88 Å². The van der Waals surface area contributed by atoms with E-state index in [-0.39, 0.29) is 11.3 Å². The summed E-state index contributed by atoms with van der Waals surface area (Å²) < 4.78 is 18.6. The number of halogens is 1. The van der Waals surface area contributed by atoms with Gasteiger partial charge in [-0.15, -0.1) is 11.3 Å². The molecule has 0 aliphatic rings. The summed E-state index contributed by atoms with van der Waals surface area (Å²) in [6, 6.07) is 4.13. The van der Waals surface area contributed by atoms with Crippen molar-refractivity contribution >= 4 is 23.2 Å². The summed E-state index contributed by atoms with van der Waals surface area (Å²) in [6.07, 6.45) is 0. The Labute approximate surface area is 136 Å². The van der Waals surface area contributed by atoms with Crippen LogP contribution in [0.1, 0.15) is 31.7 Å². The van der Waals surface area contributed by atoms with Gasteiger partial charge in [-0.1, -0.05) is 6.07 Å². The predicted molar refractivity (Wildman–Crippen MR) is 84.6 cm³/mol. The van der Waals surface area contributed by atoms with Crippen LogP contribution in [0.2, 0.25) is 0 Å². The lowest BCUT2D eigenvalue weighted by molar-refractivity contribution is -0.139. The summed E-state index contributed by atoms with van der Waals surface area (Å²) in [7, 11) is 1.32. The van der Waals surface area contributed by atoms with Crippen LogP contribution in [0.4, 0.5) is 4.39 Å². The van der Waals surface area contributed by atoms with Gasteiger partial charge in [-0.3, -0.25) is 4.79 Å². The Hall–Kier alpha value is -2.41. The number of aliphatic carboxylic acids is 1. The average Bonchev–Trinajstić information content (AvgIpc) is 2.84. The maximum atomic E-state index is 13.8. The van der Waals surface area contributed by atoms with E-state index in [9.17, 15) is 19.1 Å². The lowest BCUT2D eigenvalue weighted by Gasteiger charge is -2.15. The topological polar surface area (TPSA) is 75.6 Å². The molecule has 2 aromatic rings. The molecule has 0 aliphatic carbocycles. The number of carbonyl (C=O) groups is 2. The number of amides is 1. The molecule has 2 rings (SSSR count). The first kappa shape index (κ1) is 17.0. The van der Waals surface area contributed by atoms with Gasteiger partial charge in [0.25, 0.3) is 5.91 Å². The molecule has 7 heteroatoms. The minimum atomic E-state index is -1.34. The lowest BCUT2D eigenvalue weighted by atomic mass is 10.1. The van der Waals surface area contributed by atoms with Crippen molar-refractivity contribution in [2.24, 2.45) is 0 Å². The van der Waals surface area contributed by atoms with Crippen molar-refractivity contribution in [2.45, 2.75) is 19.9 Å². The van der Waals surface area contributed by atoms with Crippen LogP contribution in [-0.4, -0.2) is 24.1 Å². The molecule has 2 N–H and O–H groups in total. The van der Waals surface area contributed by atoms with Crippen molar-refractivity contribution in [1.29, 1.82) is 0 Å². The van der Waals surface area contributed by atoms with E-state index in [0.717, 1.165) is 16.5 Å². The number of hydrogen-bond donors (Lipinski definition) is 2. The molecule has 0 bridgehead atoms. The Morgan fingerprint density at radius 3 is 2.48 bits per heavy atom. The number of benzene rings is 1. The van der Waals surface area contributed by atoms with Crippen molar-refractivity contribution in [1.82, 2.24) is 5.32 Å². The molecular formula is C16H16FNO4S. The highest BCUT2D eigenvalue weighted by Crippen LogP contribution is 2.24. The molecule has 23 heavy (non-hydrogen) atoms. The van der Waals surface area contributed by atoms with Gasteiger partial charge in [0.15, 0.2) is 17.6 Å². The van der Waals surface area contributed by atoms with E-state index >= 15 is 0 Å². The Morgan fingerprint density at radius 1 is 1.30 bits per heavy atom. The first-order chi connectivity index (χ1) is 10.8. The van der Waals surface area contributed by atoms with Gasteiger partial charge in [-0.2, -0.15) is 0 Å². The molecule has 0 aliphatic heterocycles. The molecule has 122 valence electrons. The summed E-state index contributed by atoms with van der Waals surface area (Å²) in [4.78, 5) is 25.1. The normalized spacial score (nSPS) is 11.8. The standard InChI is InChI=1S/C16H16FNO4S/c1-8-6-13(23-9(8)2)15(19)18-14(16(20)21)10-4-5-12(22-3)11(17)7-10/h4-7,14H,1-3H3,(H,18,19)(H,20,21). The molecule has 1 aromatic heterocycles. The lowest BCUT2D eigenvalue weighted by Crippen LogP contribution is -2.33. The second kappa shape index (κ2) is 6.78. The summed E-state index contributed by atoms with van der Waals surface area (Å²) in [5.41, 5.74) is 1.09. The second-order valence-corrected chi connectivity index (χ2v) is 6.24. The van der Waals surface area contributed by atoms with E-state index in [1.807, 2.05) is 13.8 Å². The van der Waals surface area contributed by atoms with Crippen LogP contribution in [0.15, 0.2) is 24.3 Å². The zero-order chi connectivity index (χ0) is 17.1. The molecule has 0 spiro atoms. The Morgan fingerprint density at radius 2 is 2.00 bits per heavy atom. The van der Waals surface area contributed by atoms with E-state index < -0.39 is 23.7 Å². The summed E-state index contributed by atoms with van der Waals surface area (Å²) in [5, 5.41) is 11.8. The fourth-order valence-electron chi connectivity index (χ4n) is 2.04. The molecule has 0 radical (unpaired) electrons. The Balaban J connectivity index is 2.27. The molecular weight excluding hydrogens is 321 g/mol. The van der Waals surface area contributed by atoms with E-state index in [1.165, 1.54) is 30.6 Å². The number of aryl methyl sites for hydroxylation is 2. The van der Waals surface area contributed by atoms with E-state index in [0.29, 0.717) is 4.88 Å². The van der Waals surface area contributed by atoms with Gasteiger partial charge < -0.3 is 15.2 Å². The summed E-state index contributed by atoms with van der Waals surface area (Å²) in [5.74, 6) is -2.45. The molecule has 5 nitrogen and oxygen atoms in total. The second-order valence-electron chi connectivity index (χ2n) is 4.99. The third-order valence-electron chi connectivity index (χ3n) is 3.42. The first-order valence-corrected chi connectivity index (χ1v) is 7.59. The maximum absolute atomic E-state index is 13.8. The monoisotopic (exact) mass is 337 g/mol. The zero-order valence-electron chi connectivity index (χ0n) is 12.8. The molecule has 1 aromatic carbocycles. The number of thiophene rings is 1. The number of nitrogens with one attached hydrogen (secondary N) is 1. The quantitative estimate of drug-likeness (QED) is 0.879. The highest BCUT2D eigenvalue weighted by Gasteiger charge is 2.24. The molecule has 1 heterocycles. The smallest absolute Gasteiger partial charge is 0.330 e. The maximum Gasteiger partial charge on any atom is 0.330 e. The molecule has 0 saturated heterocycles. The Bertz CT molecular complexity index is 737. The minimum Gasteiger partial charge on any atom is -0.494 e. The third-order valence-corrected chi connectivity index (χ3v) is 4.57. The van der Waals surface area contributed by atoms with E-state index in [2.05, 4.69) is 5.32 Å². The van der Waals surface area contributed by atoms with Crippen molar-refractivity contribution in [3.63, 3.8) is 0 Å². The van der Waals surface area contributed by atoms with E-state index in [1.54, 1.807) is 6.07 Å². The van der Waals surface area contributed by atoms with Crippen LogP contribution in [0, 0.1) is 19.7 Å². The largest absolute Gasteiger partial charge is 0.494 e. The number of carbonyl (C=O) groups excluding carboxylic acids is 1. The fraction of sp³-hybridized carbons (Fsp3) is 0.250. The van der Waals surface area contributed by atoms with Crippen LogP contribution in [0.3, 0.4) is 0 Å². The van der Waals surface area contributed by atoms with Gasteiger partial charge in [-0.25, -0.2) is 9.18 Å². The number of methoxy groups -OCH3 is 1. The molecule has 0 fully saturated rings. The molecule has 1 atom stereocenters. The van der Waals surface area contributed by atoms with Crippen LogP contribution in [0.25, 0.3) is 0 Å². The van der Waals surface area contributed by atoms with Gasteiger partial charge in [0.1, 0.15) is 0 Å². The molecule has 0 saturated carbocycles. The van der Waals surface area contributed by atoms with Crippen molar-refractivity contribution < 1.29 is 23.8 Å². The van der Waals surface area contributed by atoms with Gasteiger partial charge >= 0.3 is 5.97 Å². The molecule has 1 amide bonds. The van der Waals surface area contributed by atoms with Crippen molar-refractivity contribution in [3.8, 4) is 5.75 Å². The summed E-state index contributed by atoms with van der Waals surface area (Å²) >= 11 is 1.28. The Kier molecular flexibility index (Phi) is 5.00. The van der Waals surface area contributed by atoms with Crippen LogP contribution in [0.5, 0.6) is 5.75 Å². The number of carboxylic acids is 1.